The summed E-state index contributed by atoms with van der Waals surface area (Å²) in [5.74, 6) is 0.414. The summed E-state index contributed by atoms with van der Waals surface area (Å²) in [6, 6.07) is 22.2. The van der Waals surface area contributed by atoms with Gasteiger partial charge in [-0.05, 0) is 91.2 Å². The van der Waals surface area contributed by atoms with Crippen LogP contribution in [0, 0.1) is 28.1 Å². The molecule has 59 heavy (non-hydrogen) atoms. The highest BCUT2D eigenvalue weighted by molar-refractivity contribution is 6.31. The number of carbonyl (C=O) groups is 3. The third kappa shape index (κ3) is 7.90. The molecule has 3 amide bonds. The minimum absolute atomic E-state index is 0.0988. The van der Waals surface area contributed by atoms with Crippen molar-refractivity contribution in [1.82, 2.24) is 20.1 Å². The smallest absolute Gasteiger partial charge is 0.259 e. The van der Waals surface area contributed by atoms with E-state index >= 15 is 0 Å². The van der Waals surface area contributed by atoms with Crippen molar-refractivity contribution in [1.29, 1.82) is 5.26 Å². The van der Waals surface area contributed by atoms with Gasteiger partial charge in [0.05, 0.1) is 10.6 Å². The maximum Gasteiger partial charge on any atom is 0.259 e. The van der Waals surface area contributed by atoms with Crippen molar-refractivity contribution in [2.24, 2.45) is 16.7 Å². The van der Waals surface area contributed by atoms with E-state index in [1.807, 2.05) is 30.3 Å². The van der Waals surface area contributed by atoms with Crippen LogP contribution in [-0.4, -0.2) is 85.1 Å². The molecule has 308 valence electrons. The van der Waals surface area contributed by atoms with E-state index in [-0.39, 0.29) is 46.8 Å². The highest BCUT2D eigenvalue weighted by Crippen LogP contribution is 2.55. The van der Waals surface area contributed by atoms with Gasteiger partial charge >= 0.3 is 0 Å². The summed E-state index contributed by atoms with van der Waals surface area (Å²) in [6.07, 6.45) is 4.29. The number of nitrogens with one attached hydrogen (secondary N) is 2. The number of pyridine rings is 1. The van der Waals surface area contributed by atoms with Crippen molar-refractivity contribution >= 4 is 51.5 Å². The first-order valence-electron chi connectivity index (χ1n) is 20.7. The Morgan fingerprint density at radius 3 is 2.20 bits per heavy atom. The minimum atomic E-state index is -0.670. The van der Waals surface area contributed by atoms with Crippen molar-refractivity contribution in [3.63, 3.8) is 0 Å². The van der Waals surface area contributed by atoms with Gasteiger partial charge in [-0.2, -0.15) is 5.26 Å². The van der Waals surface area contributed by atoms with Gasteiger partial charge in [-0.15, -0.1) is 0 Å². The number of nitriles is 1. The number of imide groups is 1. The maximum absolute atomic E-state index is 13.5. The van der Waals surface area contributed by atoms with Crippen molar-refractivity contribution in [3.8, 4) is 11.8 Å². The Balaban J connectivity index is 0.792. The van der Waals surface area contributed by atoms with Crippen LogP contribution in [0.3, 0.4) is 0 Å². The van der Waals surface area contributed by atoms with E-state index in [1.165, 1.54) is 4.57 Å². The predicted octanol–water partition coefficient (Wildman–Crippen LogP) is 6.15. The molecule has 4 aromatic rings. The second kappa shape index (κ2) is 16.0. The van der Waals surface area contributed by atoms with E-state index in [0.29, 0.717) is 39.6 Å². The van der Waals surface area contributed by atoms with Gasteiger partial charge in [0.2, 0.25) is 11.8 Å². The van der Waals surface area contributed by atoms with Crippen LogP contribution in [0.2, 0.25) is 5.02 Å². The molecule has 4 heterocycles. The first-order valence-corrected chi connectivity index (χ1v) is 21.1. The number of anilines is 2. The summed E-state index contributed by atoms with van der Waals surface area (Å²) in [4.78, 5) is 58.2. The molecule has 4 aliphatic rings. The minimum Gasteiger partial charge on any atom is -0.489 e. The molecule has 1 aromatic heterocycles. The average molecular weight is 818 g/mol. The van der Waals surface area contributed by atoms with E-state index in [0.717, 1.165) is 75.4 Å². The molecule has 4 fully saturated rings. The molecule has 1 unspecified atom stereocenters. The first kappa shape index (κ1) is 40.4. The van der Waals surface area contributed by atoms with Gasteiger partial charge in [-0.3, -0.25) is 29.4 Å². The van der Waals surface area contributed by atoms with Crippen LogP contribution in [0.4, 0.5) is 11.4 Å². The van der Waals surface area contributed by atoms with Crippen molar-refractivity contribution in [2.45, 2.75) is 71.6 Å². The summed E-state index contributed by atoms with van der Waals surface area (Å²) in [5.41, 5.74) is 2.37. The molecule has 2 N–H and O–H groups in total. The zero-order chi connectivity index (χ0) is 41.6. The number of piperazine rings is 1. The number of aromatic nitrogens is 1. The Labute approximate surface area is 350 Å². The number of fused-ring (bicyclic) bond motifs is 1. The van der Waals surface area contributed by atoms with E-state index in [2.05, 4.69) is 77.3 Å². The molecule has 0 radical (unpaired) electrons. The summed E-state index contributed by atoms with van der Waals surface area (Å²) in [7, 11) is 0. The Morgan fingerprint density at radius 2 is 1.54 bits per heavy atom. The fraction of sp³-hybridized carbons (Fsp3) is 0.457. The molecule has 3 aromatic carbocycles. The molecule has 1 aliphatic carbocycles. The van der Waals surface area contributed by atoms with Crippen molar-refractivity contribution in [2.75, 3.05) is 55.6 Å². The number of rotatable bonds is 9. The standard InChI is InChI=1S/C46H52ClN7O5/c1-45(2)43(46(3,4)44(45)59-35-11-7-32(27-48)37(47)26-35)50-40(56)30-5-8-33(9-6-30)52-18-15-29(16-19-52)28-51-21-23-53(24-22-51)34-10-12-36-31(25-34)17-20-54(42(36)58)38-13-14-39(55)49-41(38)57/h5-12,17,20,25-26,29,38,43-44H,13-16,18-19,21-24,28H2,1-4H3,(H,50,56)(H,49,55,57)/t38?,43-,44-. The number of hydrogen-bond acceptors (Lipinski definition) is 9. The first-order chi connectivity index (χ1) is 28.2. The maximum atomic E-state index is 13.5. The van der Waals surface area contributed by atoms with E-state index in [4.69, 9.17) is 16.3 Å². The lowest BCUT2D eigenvalue weighted by Gasteiger charge is -2.63. The van der Waals surface area contributed by atoms with Crippen molar-refractivity contribution in [3.05, 3.63) is 99.4 Å². The number of carbonyl (C=O) groups excluding carboxylic acids is 3. The molecule has 0 bridgehead atoms. The molecule has 3 saturated heterocycles. The van der Waals surface area contributed by atoms with Crippen LogP contribution in [0.15, 0.2) is 77.7 Å². The van der Waals surface area contributed by atoms with Gasteiger partial charge in [0.15, 0.2) is 0 Å². The Bertz CT molecular complexity index is 2360. The summed E-state index contributed by atoms with van der Waals surface area (Å²) < 4.78 is 7.84. The van der Waals surface area contributed by atoms with E-state index < -0.39 is 11.9 Å². The molecule has 1 saturated carbocycles. The third-order valence-corrected chi connectivity index (χ3v) is 13.6. The number of hydrogen-bond donors (Lipinski definition) is 2. The van der Waals surface area contributed by atoms with Gasteiger partial charge in [-0.1, -0.05) is 39.3 Å². The zero-order valence-electron chi connectivity index (χ0n) is 34.2. The monoisotopic (exact) mass is 817 g/mol. The van der Waals surface area contributed by atoms with Crippen LogP contribution in [-0.2, 0) is 9.59 Å². The van der Waals surface area contributed by atoms with Gasteiger partial charge in [-0.25, -0.2) is 0 Å². The molecular weight excluding hydrogens is 766 g/mol. The van der Waals surface area contributed by atoms with E-state index in [9.17, 15) is 24.4 Å². The van der Waals surface area contributed by atoms with Crippen LogP contribution in [0.25, 0.3) is 10.8 Å². The molecule has 0 spiro atoms. The Morgan fingerprint density at radius 1 is 0.864 bits per heavy atom. The topological polar surface area (TPSA) is 140 Å². The molecule has 13 heteroatoms. The van der Waals surface area contributed by atoms with Crippen LogP contribution in [0.1, 0.15) is 75.3 Å². The summed E-state index contributed by atoms with van der Waals surface area (Å²) >= 11 is 6.26. The number of amides is 3. The zero-order valence-corrected chi connectivity index (χ0v) is 34.9. The fourth-order valence-electron chi connectivity index (χ4n) is 10.2. The predicted molar refractivity (Wildman–Crippen MR) is 229 cm³/mol. The normalized spacial score (nSPS) is 23.3. The molecule has 3 aliphatic heterocycles. The number of ether oxygens (including phenoxy) is 1. The molecule has 8 rings (SSSR count). The number of benzene rings is 3. The average Bonchev–Trinajstić information content (AvgIpc) is 3.22. The molecular formula is C46H52ClN7O5. The number of nitrogens with zero attached hydrogens (tertiary/aromatic N) is 5. The quantitative estimate of drug-likeness (QED) is 0.190. The lowest BCUT2D eigenvalue weighted by atomic mass is 9.49. The number of halogens is 1. The third-order valence-electron chi connectivity index (χ3n) is 13.3. The van der Waals surface area contributed by atoms with Crippen LogP contribution >= 0.6 is 11.6 Å². The largest absolute Gasteiger partial charge is 0.489 e. The van der Waals surface area contributed by atoms with Gasteiger partial charge in [0, 0.05) is 104 Å². The summed E-state index contributed by atoms with van der Waals surface area (Å²) in [6.45, 7) is 15.2. The van der Waals surface area contributed by atoms with Crippen molar-refractivity contribution < 1.29 is 19.1 Å². The second-order valence-electron chi connectivity index (χ2n) is 17.8. The highest BCUT2D eigenvalue weighted by atomic mass is 35.5. The highest BCUT2D eigenvalue weighted by Gasteiger charge is 2.64. The van der Waals surface area contributed by atoms with E-state index in [1.54, 1.807) is 24.4 Å². The lowest BCUT2D eigenvalue weighted by Crippen LogP contribution is -2.74. The molecule has 1 atom stereocenters. The number of piperidine rings is 2. The Hall–Kier alpha value is -5.38. The van der Waals surface area contributed by atoms with Crippen LogP contribution < -0.4 is 30.7 Å². The second-order valence-corrected chi connectivity index (χ2v) is 18.2. The summed E-state index contributed by atoms with van der Waals surface area (Å²) in [5, 5.41) is 16.6. The van der Waals surface area contributed by atoms with Gasteiger partial charge in [0.1, 0.15) is 24.0 Å². The lowest BCUT2D eigenvalue weighted by molar-refractivity contribution is -0.164. The van der Waals surface area contributed by atoms with Crippen LogP contribution in [0.5, 0.6) is 5.75 Å². The molecule has 12 nitrogen and oxygen atoms in total. The SMILES string of the molecule is CC1(C)[C@H](NC(=O)c2ccc(N3CCC(CN4CCN(c5ccc6c(=O)n(C7CCC(=O)NC7=O)ccc6c5)CC4)CC3)cc2)C(C)(C)[C@H]1Oc1ccc(C#N)c(Cl)c1. The van der Waals surface area contributed by atoms with Gasteiger partial charge in [0.25, 0.3) is 11.5 Å². The Kier molecular flexibility index (Phi) is 11.0. The fourth-order valence-corrected chi connectivity index (χ4v) is 10.4. The van der Waals surface area contributed by atoms with Gasteiger partial charge < -0.3 is 24.4 Å².